The molecular formula is C4H8N2O2. The third kappa shape index (κ3) is 6120. The van der Waals surface area contributed by atoms with Gasteiger partial charge in [-0.1, -0.05) is 0 Å². The van der Waals surface area contributed by atoms with E-state index in [4.69, 9.17) is 15.3 Å². The van der Waals surface area contributed by atoms with Crippen molar-refractivity contribution in [2.45, 2.75) is 13.8 Å². The minimum Gasteiger partial charge on any atom is -0.550 e. The van der Waals surface area contributed by atoms with Crippen LogP contribution in [0.15, 0.2) is 0 Å². The highest BCUT2D eigenvalue weighted by Crippen LogP contribution is 1.52. The molecule has 0 rings (SSSR count). The molecule has 8 heavy (non-hydrogen) atoms. The van der Waals surface area contributed by atoms with Gasteiger partial charge in [-0.25, -0.2) is 0 Å². The van der Waals surface area contributed by atoms with Gasteiger partial charge in [0, 0.05) is 12.9 Å². The Balaban J connectivity index is 0. The maximum Gasteiger partial charge on any atom is 0.302 e. The normalized spacial score (nSPS) is 5.62. The maximum absolute atomic E-state index is 8.89. The summed E-state index contributed by atoms with van der Waals surface area (Å²) < 4.78 is 0. The molecule has 0 aliphatic rings. The van der Waals surface area contributed by atoms with Gasteiger partial charge in [-0.2, -0.15) is 0 Å². The van der Waals surface area contributed by atoms with E-state index in [1.54, 1.807) is 6.92 Å². The van der Waals surface area contributed by atoms with E-state index in [-0.39, 0.29) is 0 Å². The first kappa shape index (κ1) is 10.00. The van der Waals surface area contributed by atoms with Gasteiger partial charge >= 0.3 is 6.54 Å². The Hall–Kier alpha value is -1.11. The smallest absolute Gasteiger partial charge is 0.302 e. The van der Waals surface area contributed by atoms with Gasteiger partial charge < -0.3 is 9.90 Å². The van der Waals surface area contributed by atoms with Crippen LogP contribution in [0.4, 0.5) is 0 Å². The Morgan fingerprint density at radius 2 is 2.00 bits per heavy atom. The van der Waals surface area contributed by atoms with E-state index >= 15 is 0 Å². The third-order valence-corrected chi connectivity index (χ3v) is 0.141. The molecule has 0 bridgehead atoms. The third-order valence-electron chi connectivity index (χ3n) is 0.141. The molecule has 46 valence electrons. The van der Waals surface area contributed by atoms with Crippen LogP contribution < -0.4 is 5.11 Å². The quantitative estimate of drug-likeness (QED) is 0.405. The number of hydrogen-bond acceptors (Lipinski definition) is 3. The number of nitrogens with zero attached hydrogens (tertiary/aromatic N) is 2. The summed E-state index contributed by atoms with van der Waals surface area (Å²) in [4.78, 5) is 11.6. The number of diazo groups is 1. The molecule has 0 amide bonds. The summed E-state index contributed by atoms with van der Waals surface area (Å²) in [5, 5.41) is 16.4. The van der Waals surface area contributed by atoms with Gasteiger partial charge in [-0.05, 0) is 6.92 Å². The molecule has 0 spiro atoms. The molecule has 0 N–H and O–H groups in total. The second-order valence-corrected chi connectivity index (χ2v) is 0.949. The van der Waals surface area contributed by atoms with Crippen molar-refractivity contribution in [2.24, 2.45) is 0 Å². The number of carbonyl (C=O) groups is 1. The zero-order valence-corrected chi connectivity index (χ0v) is 4.92. The molecular weight excluding hydrogens is 108 g/mol. The monoisotopic (exact) mass is 116 g/mol. The number of hydrogen-bond donors (Lipinski definition) is 0. The van der Waals surface area contributed by atoms with E-state index in [1.165, 1.54) is 0 Å². The lowest BCUT2D eigenvalue weighted by atomic mass is 10.8. The van der Waals surface area contributed by atoms with Crippen LogP contribution >= 0.6 is 0 Å². The molecule has 0 aromatic carbocycles. The van der Waals surface area contributed by atoms with E-state index in [0.717, 1.165) is 6.92 Å². The van der Waals surface area contributed by atoms with E-state index < -0.39 is 5.97 Å². The molecule has 0 aliphatic heterocycles. The Bertz CT molecular complexity index is 90.7. The first-order chi connectivity index (χ1) is 3.65. The summed E-state index contributed by atoms with van der Waals surface area (Å²) in [6.07, 6.45) is 0. The molecule has 0 aromatic rings. The number of rotatable bonds is 0. The number of aliphatic carboxylic acids is 1. The molecule has 0 aromatic heterocycles. The number of carbonyl (C=O) groups excluding carboxylic acids is 1. The Kier molecular flexibility index (Phi) is 11.6. The molecule has 0 aliphatic carbocycles. The van der Waals surface area contributed by atoms with Gasteiger partial charge in [0.1, 0.15) is 4.98 Å². The lowest BCUT2D eigenvalue weighted by Gasteiger charge is -1.77. The van der Waals surface area contributed by atoms with Crippen molar-refractivity contribution >= 4 is 5.97 Å². The van der Waals surface area contributed by atoms with Crippen LogP contribution in [0, 0.1) is 5.39 Å². The van der Waals surface area contributed by atoms with Crippen LogP contribution in [-0.4, -0.2) is 12.5 Å². The summed E-state index contributed by atoms with van der Waals surface area (Å²) in [6.45, 7) is 3.24. The average Bonchev–Trinajstić information content (AvgIpc) is 1.65. The highest BCUT2D eigenvalue weighted by atomic mass is 16.4. The maximum atomic E-state index is 8.89. The Labute approximate surface area is 47.8 Å². The first-order valence-corrected chi connectivity index (χ1v) is 2.13. The topological polar surface area (TPSA) is 68.3 Å². The Morgan fingerprint density at radius 1 is 1.88 bits per heavy atom. The number of carboxylic acid groups (broad SMARTS) is 1. The fraction of sp³-hybridized carbons (Fsp3) is 0.750. The van der Waals surface area contributed by atoms with E-state index in [0.29, 0.717) is 6.54 Å². The molecule has 4 heteroatoms. The van der Waals surface area contributed by atoms with E-state index in [1.807, 2.05) is 0 Å². The van der Waals surface area contributed by atoms with Crippen LogP contribution in [0.3, 0.4) is 0 Å². The first-order valence-electron chi connectivity index (χ1n) is 2.13. The highest BCUT2D eigenvalue weighted by molar-refractivity contribution is 5.60. The van der Waals surface area contributed by atoms with Crippen molar-refractivity contribution in [2.75, 3.05) is 6.54 Å². The second-order valence-electron chi connectivity index (χ2n) is 0.949. The molecule has 0 saturated heterocycles. The van der Waals surface area contributed by atoms with Gasteiger partial charge in [0.25, 0.3) is 0 Å². The highest BCUT2D eigenvalue weighted by Gasteiger charge is 1.67. The standard InChI is InChI=1S/C2H5N2.C2H4O2/c1-2-4-3;1-2(3)4/h2H2,1H3;1H3,(H,3,4)/q+1;/p-1. The summed E-state index contributed by atoms with van der Waals surface area (Å²) >= 11 is 0. The van der Waals surface area contributed by atoms with Crippen LogP contribution in [0.2, 0.25) is 0 Å². The molecule has 0 atom stereocenters. The van der Waals surface area contributed by atoms with Crippen molar-refractivity contribution in [3.8, 4) is 0 Å². The minimum absolute atomic E-state index is 0.500. The number of carboxylic acids is 1. The van der Waals surface area contributed by atoms with Crippen LogP contribution in [0.5, 0.6) is 0 Å². The van der Waals surface area contributed by atoms with Gasteiger partial charge in [-0.15, -0.1) is 0 Å². The molecule has 0 unspecified atom stereocenters. The lowest BCUT2D eigenvalue weighted by Crippen LogP contribution is -2.16. The summed E-state index contributed by atoms with van der Waals surface area (Å²) in [6, 6.07) is 0. The molecule has 4 nitrogen and oxygen atoms in total. The van der Waals surface area contributed by atoms with Crippen LogP contribution in [0.25, 0.3) is 4.98 Å². The largest absolute Gasteiger partial charge is 0.550 e. The van der Waals surface area contributed by atoms with Crippen molar-refractivity contribution in [3.63, 3.8) is 0 Å². The lowest BCUT2D eigenvalue weighted by molar-refractivity contribution is -0.302. The predicted octanol–water partition coefficient (Wildman–Crippen LogP) is -0.384. The van der Waals surface area contributed by atoms with Gasteiger partial charge in [0.05, 0.1) is 0 Å². The van der Waals surface area contributed by atoms with Crippen LogP contribution in [0.1, 0.15) is 13.8 Å². The molecule has 0 radical (unpaired) electrons. The Morgan fingerprint density at radius 3 is 2.00 bits per heavy atom. The fourth-order valence-electron chi connectivity index (χ4n) is 0. The van der Waals surface area contributed by atoms with Crippen molar-refractivity contribution in [1.82, 2.24) is 0 Å². The average molecular weight is 116 g/mol. The second kappa shape index (κ2) is 9.31. The minimum atomic E-state index is -1.08. The zero-order chi connectivity index (χ0) is 6.99. The van der Waals surface area contributed by atoms with Crippen molar-refractivity contribution < 1.29 is 9.90 Å². The zero-order valence-electron chi connectivity index (χ0n) is 4.92. The summed E-state index contributed by atoms with van der Waals surface area (Å²) in [7, 11) is 0. The summed E-state index contributed by atoms with van der Waals surface area (Å²) in [5.41, 5.74) is 0. The molecule has 0 saturated carbocycles. The van der Waals surface area contributed by atoms with Gasteiger partial charge in [0.2, 0.25) is 5.39 Å². The van der Waals surface area contributed by atoms with Gasteiger partial charge in [-0.3, -0.25) is 0 Å². The molecule has 0 fully saturated rings. The predicted molar refractivity (Wildman–Crippen MR) is 26.3 cm³/mol. The van der Waals surface area contributed by atoms with E-state index in [2.05, 4.69) is 4.98 Å². The summed E-state index contributed by atoms with van der Waals surface area (Å²) in [5.74, 6) is -1.08. The fourth-order valence-corrected chi connectivity index (χ4v) is 0. The van der Waals surface area contributed by atoms with Crippen molar-refractivity contribution in [1.29, 1.82) is 5.39 Å². The SMILES string of the molecule is CC(=O)[O-].CC[N+]#N. The van der Waals surface area contributed by atoms with E-state index in [9.17, 15) is 0 Å². The molecule has 0 heterocycles. The van der Waals surface area contributed by atoms with Crippen LogP contribution in [-0.2, 0) is 4.79 Å². The van der Waals surface area contributed by atoms with Crippen molar-refractivity contribution in [3.05, 3.63) is 4.98 Å². The van der Waals surface area contributed by atoms with Gasteiger partial charge in [0.15, 0.2) is 0 Å².